The molecule has 0 saturated heterocycles. The fraction of sp³-hybridized carbons (Fsp3) is 0.300. The van der Waals surface area contributed by atoms with Crippen molar-refractivity contribution in [2.24, 2.45) is 0 Å². The minimum Gasteiger partial charge on any atom is -0.356 e. The van der Waals surface area contributed by atoms with E-state index in [-0.39, 0.29) is 5.91 Å². The summed E-state index contributed by atoms with van der Waals surface area (Å²) in [5.41, 5.74) is 0.792. The summed E-state index contributed by atoms with van der Waals surface area (Å²) in [6.45, 7) is 2.55. The second-order valence-electron chi connectivity index (χ2n) is 3.15. The van der Waals surface area contributed by atoms with Crippen LogP contribution in [0.1, 0.15) is 6.92 Å². The number of amides is 1. The quantitative estimate of drug-likeness (QED) is 0.803. The lowest BCUT2D eigenvalue weighted by atomic mass is 10.5. The van der Waals surface area contributed by atoms with Crippen molar-refractivity contribution >= 4 is 23.3 Å². The molecule has 1 N–H and O–H groups in total. The molecular formula is C10H12N4OS. The summed E-state index contributed by atoms with van der Waals surface area (Å²) in [7, 11) is 0. The molecule has 0 fully saturated rings. The van der Waals surface area contributed by atoms with Crippen LogP contribution in [-0.4, -0.2) is 32.8 Å². The van der Waals surface area contributed by atoms with E-state index in [1.807, 2.05) is 35.7 Å². The van der Waals surface area contributed by atoms with Crippen molar-refractivity contribution in [3.63, 3.8) is 0 Å². The summed E-state index contributed by atoms with van der Waals surface area (Å²) in [6.07, 6.45) is 1.88. The molecule has 1 amide bonds. The standard InChI is InChI=1S/C10H12N4OS/c1-2-11-9(15)7-16-10-13-12-8-5-3-4-6-14(8)10/h3-6H,2,7H2,1H3,(H,11,15). The molecule has 5 nitrogen and oxygen atoms in total. The summed E-state index contributed by atoms with van der Waals surface area (Å²) in [5.74, 6) is 0.379. The first kappa shape index (κ1) is 10.9. The monoisotopic (exact) mass is 236 g/mol. The average molecular weight is 236 g/mol. The second-order valence-corrected chi connectivity index (χ2v) is 4.10. The number of rotatable bonds is 4. The van der Waals surface area contributed by atoms with Crippen LogP contribution in [0.4, 0.5) is 0 Å². The molecule has 0 saturated carbocycles. The van der Waals surface area contributed by atoms with Crippen LogP contribution in [-0.2, 0) is 4.79 Å². The van der Waals surface area contributed by atoms with Gasteiger partial charge in [0, 0.05) is 12.7 Å². The number of nitrogens with one attached hydrogen (secondary N) is 1. The Morgan fingerprint density at radius 2 is 2.38 bits per heavy atom. The second kappa shape index (κ2) is 4.98. The van der Waals surface area contributed by atoms with Gasteiger partial charge in [0.2, 0.25) is 5.91 Å². The van der Waals surface area contributed by atoms with E-state index >= 15 is 0 Å². The predicted molar refractivity (Wildman–Crippen MR) is 62.4 cm³/mol. The number of pyridine rings is 1. The van der Waals surface area contributed by atoms with E-state index in [0.717, 1.165) is 10.8 Å². The minimum absolute atomic E-state index is 0.0141. The molecule has 16 heavy (non-hydrogen) atoms. The largest absolute Gasteiger partial charge is 0.356 e. The highest BCUT2D eigenvalue weighted by Gasteiger charge is 2.07. The Labute approximate surface area is 97.3 Å². The molecule has 84 valence electrons. The number of thioether (sulfide) groups is 1. The van der Waals surface area contributed by atoms with Crippen LogP contribution in [0.15, 0.2) is 29.6 Å². The Balaban J connectivity index is 2.07. The smallest absolute Gasteiger partial charge is 0.230 e. The lowest BCUT2D eigenvalue weighted by molar-refractivity contribution is -0.118. The van der Waals surface area contributed by atoms with Crippen molar-refractivity contribution < 1.29 is 4.79 Å². The third-order valence-electron chi connectivity index (χ3n) is 1.99. The van der Waals surface area contributed by atoms with E-state index < -0.39 is 0 Å². The SMILES string of the molecule is CCNC(=O)CSc1nnc2ccccn12. The Bertz CT molecular complexity index is 496. The molecule has 0 aliphatic heterocycles. The molecular weight excluding hydrogens is 224 g/mol. The van der Waals surface area contributed by atoms with Gasteiger partial charge in [0.25, 0.3) is 0 Å². The lowest BCUT2D eigenvalue weighted by Crippen LogP contribution is -2.24. The Kier molecular flexibility index (Phi) is 3.40. The van der Waals surface area contributed by atoms with Gasteiger partial charge >= 0.3 is 0 Å². The summed E-state index contributed by atoms with van der Waals surface area (Å²) >= 11 is 1.38. The molecule has 0 aliphatic carbocycles. The molecule has 0 radical (unpaired) electrons. The maximum Gasteiger partial charge on any atom is 0.230 e. The van der Waals surface area contributed by atoms with E-state index in [9.17, 15) is 4.79 Å². The minimum atomic E-state index is 0.0141. The highest BCUT2D eigenvalue weighted by Crippen LogP contribution is 2.15. The number of hydrogen-bond donors (Lipinski definition) is 1. The fourth-order valence-electron chi connectivity index (χ4n) is 1.30. The number of nitrogens with zero attached hydrogens (tertiary/aromatic N) is 3. The molecule has 0 atom stereocenters. The average Bonchev–Trinajstić information content (AvgIpc) is 2.70. The van der Waals surface area contributed by atoms with Gasteiger partial charge in [0.1, 0.15) is 0 Å². The van der Waals surface area contributed by atoms with Crippen LogP contribution in [0.3, 0.4) is 0 Å². The zero-order valence-corrected chi connectivity index (χ0v) is 9.70. The van der Waals surface area contributed by atoms with Gasteiger partial charge in [0.05, 0.1) is 5.75 Å². The number of hydrogen-bond acceptors (Lipinski definition) is 4. The lowest BCUT2D eigenvalue weighted by Gasteiger charge is -2.00. The van der Waals surface area contributed by atoms with Gasteiger partial charge in [0.15, 0.2) is 10.8 Å². The molecule has 0 bridgehead atoms. The van der Waals surface area contributed by atoms with E-state index in [0.29, 0.717) is 12.3 Å². The van der Waals surface area contributed by atoms with Gasteiger partial charge < -0.3 is 5.32 Å². The number of fused-ring (bicyclic) bond motifs is 1. The fourth-order valence-corrected chi connectivity index (χ4v) is 2.05. The van der Waals surface area contributed by atoms with Crippen molar-refractivity contribution in [3.8, 4) is 0 Å². The zero-order valence-electron chi connectivity index (χ0n) is 8.88. The van der Waals surface area contributed by atoms with Gasteiger partial charge in [-0.3, -0.25) is 9.20 Å². The van der Waals surface area contributed by atoms with Gasteiger partial charge in [-0.1, -0.05) is 17.8 Å². The zero-order chi connectivity index (χ0) is 11.4. The van der Waals surface area contributed by atoms with Crippen LogP contribution < -0.4 is 5.32 Å². The summed E-state index contributed by atoms with van der Waals surface area (Å²) < 4.78 is 1.86. The Morgan fingerprint density at radius 1 is 1.50 bits per heavy atom. The van der Waals surface area contributed by atoms with Crippen molar-refractivity contribution in [1.82, 2.24) is 19.9 Å². The third-order valence-corrected chi connectivity index (χ3v) is 2.93. The molecule has 0 aliphatic rings. The first-order chi connectivity index (χ1) is 7.81. The van der Waals surface area contributed by atoms with Gasteiger partial charge in [-0.15, -0.1) is 10.2 Å². The van der Waals surface area contributed by atoms with Crippen molar-refractivity contribution in [2.45, 2.75) is 12.1 Å². The van der Waals surface area contributed by atoms with Gasteiger partial charge in [-0.05, 0) is 19.1 Å². The van der Waals surface area contributed by atoms with Gasteiger partial charge in [-0.25, -0.2) is 0 Å². The van der Waals surface area contributed by atoms with Crippen molar-refractivity contribution in [2.75, 3.05) is 12.3 Å². The summed E-state index contributed by atoms with van der Waals surface area (Å²) in [6, 6.07) is 5.69. The number of carbonyl (C=O) groups excluding carboxylic acids is 1. The predicted octanol–water partition coefficient (Wildman–Crippen LogP) is 0.958. The highest BCUT2D eigenvalue weighted by molar-refractivity contribution is 7.99. The number of carbonyl (C=O) groups is 1. The molecule has 2 aromatic rings. The molecule has 2 heterocycles. The molecule has 0 unspecified atom stereocenters. The number of aromatic nitrogens is 3. The van der Waals surface area contributed by atoms with Gasteiger partial charge in [-0.2, -0.15) is 0 Å². The highest BCUT2D eigenvalue weighted by atomic mass is 32.2. The van der Waals surface area contributed by atoms with E-state index in [4.69, 9.17) is 0 Å². The summed E-state index contributed by atoms with van der Waals surface area (Å²) in [4.78, 5) is 11.3. The van der Waals surface area contributed by atoms with Crippen LogP contribution in [0.2, 0.25) is 0 Å². The molecule has 2 aromatic heterocycles. The van der Waals surface area contributed by atoms with Crippen molar-refractivity contribution in [1.29, 1.82) is 0 Å². The van der Waals surface area contributed by atoms with Crippen molar-refractivity contribution in [3.05, 3.63) is 24.4 Å². The maximum atomic E-state index is 11.3. The van der Waals surface area contributed by atoms with Crippen LogP contribution in [0, 0.1) is 0 Å². The maximum absolute atomic E-state index is 11.3. The molecule has 0 spiro atoms. The van der Waals surface area contributed by atoms with Crippen LogP contribution >= 0.6 is 11.8 Å². The van der Waals surface area contributed by atoms with Crippen LogP contribution in [0.5, 0.6) is 0 Å². The molecule has 0 aromatic carbocycles. The topological polar surface area (TPSA) is 59.3 Å². The summed E-state index contributed by atoms with van der Waals surface area (Å²) in [5, 5.41) is 11.5. The third kappa shape index (κ3) is 2.33. The molecule has 6 heteroatoms. The van der Waals surface area contributed by atoms with E-state index in [1.165, 1.54) is 11.8 Å². The van der Waals surface area contributed by atoms with E-state index in [1.54, 1.807) is 0 Å². The Hall–Kier alpha value is -1.56. The first-order valence-electron chi connectivity index (χ1n) is 5.00. The van der Waals surface area contributed by atoms with Crippen LogP contribution in [0.25, 0.3) is 5.65 Å². The van der Waals surface area contributed by atoms with E-state index in [2.05, 4.69) is 15.5 Å². The normalized spacial score (nSPS) is 10.6. The Morgan fingerprint density at radius 3 is 3.19 bits per heavy atom. The molecule has 2 rings (SSSR count). The first-order valence-corrected chi connectivity index (χ1v) is 5.99.